The van der Waals surface area contributed by atoms with Gasteiger partial charge in [-0.2, -0.15) is 4.98 Å². The number of methoxy groups -OCH3 is 2. The quantitative estimate of drug-likeness (QED) is 0.740. The third-order valence-corrected chi connectivity index (χ3v) is 1.49. The lowest BCUT2D eigenvalue weighted by Gasteiger charge is -2.05. The molecule has 0 radical (unpaired) electrons. The van der Waals surface area contributed by atoms with Gasteiger partial charge in [0.15, 0.2) is 5.75 Å². The molecule has 0 fully saturated rings. The molecule has 6 nitrogen and oxygen atoms in total. The minimum Gasteiger partial charge on any atom is -0.490 e. The lowest BCUT2D eigenvalue weighted by atomic mass is 10.4. The van der Waals surface area contributed by atoms with Crippen molar-refractivity contribution in [1.82, 2.24) is 9.97 Å². The molecular formula is C8H10N2O4. The van der Waals surface area contributed by atoms with E-state index < -0.39 is 5.97 Å². The van der Waals surface area contributed by atoms with Gasteiger partial charge in [0, 0.05) is 0 Å². The first-order valence-electron chi connectivity index (χ1n) is 3.83. The molecule has 6 heteroatoms. The topological polar surface area (TPSA) is 81.5 Å². The van der Waals surface area contributed by atoms with Crippen LogP contribution in [0.4, 0.5) is 0 Å². The summed E-state index contributed by atoms with van der Waals surface area (Å²) in [7, 11) is 2.88. The van der Waals surface area contributed by atoms with Crippen LogP contribution in [0, 0.1) is 0 Å². The molecule has 0 aliphatic rings. The van der Waals surface area contributed by atoms with Crippen LogP contribution in [0.3, 0.4) is 0 Å². The van der Waals surface area contributed by atoms with Crippen molar-refractivity contribution in [1.29, 1.82) is 0 Å². The summed E-state index contributed by atoms with van der Waals surface area (Å²) in [4.78, 5) is 18.0. The Morgan fingerprint density at radius 3 is 2.71 bits per heavy atom. The highest BCUT2D eigenvalue weighted by Crippen LogP contribution is 2.22. The molecule has 0 aromatic carbocycles. The minimum atomic E-state index is -0.989. The zero-order valence-electron chi connectivity index (χ0n) is 7.85. The highest BCUT2D eigenvalue weighted by molar-refractivity contribution is 5.69. The van der Waals surface area contributed by atoms with Gasteiger partial charge in [-0.15, -0.1) is 0 Å². The lowest BCUT2D eigenvalue weighted by molar-refractivity contribution is -0.136. The van der Waals surface area contributed by atoms with Gasteiger partial charge in [-0.3, -0.25) is 4.79 Å². The first kappa shape index (κ1) is 10.2. The number of hydrogen-bond acceptors (Lipinski definition) is 5. The number of hydrogen-bond donors (Lipinski definition) is 1. The summed E-state index contributed by atoms with van der Waals surface area (Å²) in [5, 5.41) is 8.50. The van der Waals surface area contributed by atoms with E-state index >= 15 is 0 Å². The monoisotopic (exact) mass is 198 g/mol. The Kier molecular flexibility index (Phi) is 3.22. The molecular weight excluding hydrogens is 188 g/mol. The van der Waals surface area contributed by atoms with Crippen molar-refractivity contribution in [2.75, 3.05) is 14.2 Å². The van der Waals surface area contributed by atoms with Crippen molar-refractivity contribution < 1.29 is 19.4 Å². The minimum absolute atomic E-state index is 0.190. The van der Waals surface area contributed by atoms with Crippen LogP contribution in [0.25, 0.3) is 0 Å². The van der Waals surface area contributed by atoms with Crippen LogP contribution in [0.15, 0.2) is 6.20 Å². The molecule has 0 unspecified atom stereocenters. The third kappa shape index (κ3) is 2.32. The number of carboxylic acids is 1. The zero-order valence-corrected chi connectivity index (χ0v) is 7.85. The zero-order chi connectivity index (χ0) is 10.6. The molecule has 14 heavy (non-hydrogen) atoms. The van der Waals surface area contributed by atoms with Crippen LogP contribution >= 0.6 is 0 Å². The molecule has 0 spiro atoms. The third-order valence-electron chi connectivity index (χ3n) is 1.49. The molecule has 0 bridgehead atoms. The van der Waals surface area contributed by atoms with Crippen molar-refractivity contribution in [3.63, 3.8) is 0 Å². The average molecular weight is 198 g/mol. The Morgan fingerprint density at radius 2 is 2.21 bits per heavy atom. The summed E-state index contributed by atoms with van der Waals surface area (Å²) >= 11 is 0. The summed E-state index contributed by atoms with van der Waals surface area (Å²) in [6.45, 7) is 0. The predicted molar refractivity (Wildman–Crippen MR) is 46.5 cm³/mol. The summed E-state index contributed by atoms with van der Waals surface area (Å²) in [5.41, 5.74) is 0. The van der Waals surface area contributed by atoms with E-state index in [-0.39, 0.29) is 18.1 Å². The lowest BCUT2D eigenvalue weighted by Crippen LogP contribution is -2.06. The molecule has 76 valence electrons. The molecule has 1 rings (SSSR count). The molecule has 0 saturated heterocycles. The summed E-state index contributed by atoms with van der Waals surface area (Å²) in [5.74, 6) is -0.187. The molecule has 1 heterocycles. The van der Waals surface area contributed by atoms with E-state index in [0.717, 1.165) is 0 Å². The number of carbonyl (C=O) groups is 1. The molecule has 0 aliphatic carbocycles. The van der Waals surface area contributed by atoms with E-state index in [0.29, 0.717) is 5.75 Å². The fourth-order valence-corrected chi connectivity index (χ4v) is 0.896. The molecule has 1 aromatic heterocycles. The van der Waals surface area contributed by atoms with E-state index in [1.807, 2.05) is 0 Å². The second-order valence-electron chi connectivity index (χ2n) is 2.43. The number of rotatable bonds is 4. The largest absolute Gasteiger partial charge is 0.490 e. The number of carboxylic acid groups (broad SMARTS) is 1. The molecule has 1 N–H and O–H groups in total. The van der Waals surface area contributed by atoms with E-state index in [4.69, 9.17) is 14.6 Å². The maximum Gasteiger partial charge on any atom is 0.311 e. The van der Waals surface area contributed by atoms with Crippen LogP contribution in [-0.4, -0.2) is 35.3 Å². The molecule has 0 amide bonds. The van der Waals surface area contributed by atoms with E-state index in [2.05, 4.69) is 9.97 Å². The SMILES string of the molecule is COc1cnc(CC(=O)O)nc1OC. The Morgan fingerprint density at radius 1 is 1.50 bits per heavy atom. The van der Waals surface area contributed by atoms with Gasteiger partial charge in [-0.1, -0.05) is 0 Å². The number of aliphatic carboxylic acids is 1. The number of nitrogens with zero attached hydrogens (tertiary/aromatic N) is 2. The fourth-order valence-electron chi connectivity index (χ4n) is 0.896. The molecule has 0 saturated carbocycles. The van der Waals surface area contributed by atoms with Crippen LogP contribution in [0.1, 0.15) is 5.82 Å². The van der Waals surface area contributed by atoms with Gasteiger partial charge in [0.05, 0.1) is 20.4 Å². The normalized spacial score (nSPS) is 9.57. The standard InChI is InChI=1S/C8H10N2O4/c1-13-5-4-9-6(3-7(11)12)10-8(5)14-2/h4H,3H2,1-2H3,(H,11,12). The van der Waals surface area contributed by atoms with Gasteiger partial charge < -0.3 is 14.6 Å². The van der Waals surface area contributed by atoms with E-state index in [1.54, 1.807) is 0 Å². The van der Waals surface area contributed by atoms with Gasteiger partial charge in [0.2, 0.25) is 0 Å². The molecule has 0 atom stereocenters. The number of aromatic nitrogens is 2. The van der Waals surface area contributed by atoms with Crippen molar-refractivity contribution >= 4 is 5.97 Å². The van der Waals surface area contributed by atoms with Gasteiger partial charge in [0.25, 0.3) is 5.88 Å². The highest BCUT2D eigenvalue weighted by atomic mass is 16.5. The Bertz CT molecular complexity index is 340. The second-order valence-corrected chi connectivity index (χ2v) is 2.43. The van der Waals surface area contributed by atoms with Crippen LogP contribution in [0.5, 0.6) is 11.6 Å². The van der Waals surface area contributed by atoms with Crippen molar-refractivity contribution in [3.05, 3.63) is 12.0 Å². The van der Waals surface area contributed by atoms with Crippen LogP contribution < -0.4 is 9.47 Å². The maximum absolute atomic E-state index is 10.4. The first-order chi connectivity index (χ1) is 6.67. The van der Waals surface area contributed by atoms with E-state index in [1.165, 1.54) is 20.4 Å². The van der Waals surface area contributed by atoms with Crippen LogP contribution in [-0.2, 0) is 11.2 Å². The smallest absolute Gasteiger partial charge is 0.311 e. The Labute approximate surface area is 80.5 Å². The highest BCUT2D eigenvalue weighted by Gasteiger charge is 2.09. The van der Waals surface area contributed by atoms with Crippen molar-refractivity contribution in [2.45, 2.75) is 6.42 Å². The fraction of sp³-hybridized carbons (Fsp3) is 0.375. The predicted octanol–water partition coefficient (Wildman–Crippen LogP) is 0.121. The van der Waals surface area contributed by atoms with Gasteiger partial charge in [-0.25, -0.2) is 4.98 Å². The molecule has 0 aliphatic heterocycles. The Hall–Kier alpha value is -1.85. The van der Waals surface area contributed by atoms with Gasteiger partial charge in [-0.05, 0) is 0 Å². The summed E-state index contributed by atoms with van der Waals surface area (Å²) < 4.78 is 9.79. The average Bonchev–Trinajstić information content (AvgIpc) is 2.16. The first-order valence-corrected chi connectivity index (χ1v) is 3.83. The maximum atomic E-state index is 10.4. The molecule has 1 aromatic rings. The van der Waals surface area contributed by atoms with Gasteiger partial charge >= 0.3 is 5.97 Å². The summed E-state index contributed by atoms with van der Waals surface area (Å²) in [6.07, 6.45) is 1.14. The second kappa shape index (κ2) is 4.40. The summed E-state index contributed by atoms with van der Waals surface area (Å²) in [6, 6.07) is 0. The van der Waals surface area contributed by atoms with Crippen molar-refractivity contribution in [2.24, 2.45) is 0 Å². The van der Waals surface area contributed by atoms with E-state index in [9.17, 15) is 4.79 Å². The number of ether oxygens (including phenoxy) is 2. The van der Waals surface area contributed by atoms with Crippen LogP contribution in [0.2, 0.25) is 0 Å². The Balaban J connectivity index is 2.95. The van der Waals surface area contributed by atoms with Crippen molar-refractivity contribution in [3.8, 4) is 11.6 Å². The van der Waals surface area contributed by atoms with Gasteiger partial charge in [0.1, 0.15) is 12.2 Å².